The zero-order valence-electron chi connectivity index (χ0n) is 14.2. The lowest BCUT2D eigenvalue weighted by molar-refractivity contribution is 0.0599. The molecule has 1 fully saturated rings. The molecular formula is C21H27NO. The lowest BCUT2D eigenvalue weighted by Gasteiger charge is -2.34. The molecule has 1 aliphatic rings. The quantitative estimate of drug-likeness (QED) is 0.912. The summed E-state index contributed by atoms with van der Waals surface area (Å²) in [5.41, 5.74) is 5.21. The number of hydrogen-bond donors (Lipinski definition) is 1. The summed E-state index contributed by atoms with van der Waals surface area (Å²) in [6, 6.07) is 17.6. The first-order chi connectivity index (χ1) is 11.1. The third-order valence-electron chi connectivity index (χ3n) is 4.94. The second-order valence-electron chi connectivity index (χ2n) is 6.94. The Morgan fingerprint density at radius 2 is 1.91 bits per heavy atom. The van der Waals surface area contributed by atoms with E-state index in [4.69, 9.17) is 0 Å². The molecule has 2 atom stereocenters. The van der Waals surface area contributed by atoms with Gasteiger partial charge in [-0.2, -0.15) is 0 Å². The second-order valence-corrected chi connectivity index (χ2v) is 6.94. The average molecular weight is 309 g/mol. The Balaban J connectivity index is 1.71. The van der Waals surface area contributed by atoms with Gasteiger partial charge in [0.05, 0.1) is 6.10 Å². The van der Waals surface area contributed by atoms with Gasteiger partial charge in [0.15, 0.2) is 0 Å². The Labute approximate surface area is 139 Å². The van der Waals surface area contributed by atoms with Crippen LogP contribution >= 0.6 is 0 Å². The highest BCUT2D eigenvalue weighted by Crippen LogP contribution is 2.24. The maximum atomic E-state index is 9.85. The normalized spacial score (nSPS) is 20.4. The van der Waals surface area contributed by atoms with E-state index in [1.807, 2.05) is 6.92 Å². The number of piperidine rings is 1. The minimum Gasteiger partial charge on any atom is -0.393 e. The predicted octanol–water partition coefficient (Wildman–Crippen LogP) is 4.25. The zero-order chi connectivity index (χ0) is 16.2. The molecule has 0 spiro atoms. The van der Waals surface area contributed by atoms with E-state index in [-0.39, 0.29) is 6.10 Å². The van der Waals surface area contributed by atoms with Crippen molar-refractivity contribution in [3.8, 4) is 11.1 Å². The molecule has 0 amide bonds. The molecule has 1 aliphatic heterocycles. The molecule has 0 unspecified atom stereocenters. The summed E-state index contributed by atoms with van der Waals surface area (Å²) in [6.45, 7) is 7.16. The Morgan fingerprint density at radius 3 is 2.65 bits per heavy atom. The highest BCUT2D eigenvalue weighted by molar-refractivity contribution is 5.64. The van der Waals surface area contributed by atoms with E-state index in [9.17, 15) is 5.11 Å². The third-order valence-corrected chi connectivity index (χ3v) is 4.94. The number of aliphatic hydroxyl groups excluding tert-OH is 1. The van der Waals surface area contributed by atoms with Crippen molar-refractivity contribution in [3.05, 3.63) is 59.7 Å². The minimum absolute atomic E-state index is 0.198. The van der Waals surface area contributed by atoms with Crippen LogP contribution in [0.3, 0.4) is 0 Å². The van der Waals surface area contributed by atoms with Gasteiger partial charge < -0.3 is 5.11 Å². The van der Waals surface area contributed by atoms with Crippen LogP contribution in [0.5, 0.6) is 0 Å². The molecule has 2 nitrogen and oxygen atoms in total. The number of nitrogens with zero attached hydrogens (tertiary/aromatic N) is 1. The fourth-order valence-electron chi connectivity index (χ4n) is 3.48. The van der Waals surface area contributed by atoms with Crippen LogP contribution < -0.4 is 0 Å². The molecule has 1 saturated heterocycles. The van der Waals surface area contributed by atoms with Crippen molar-refractivity contribution < 1.29 is 5.11 Å². The first-order valence-corrected chi connectivity index (χ1v) is 8.68. The molecule has 1 N–H and O–H groups in total. The van der Waals surface area contributed by atoms with Gasteiger partial charge in [-0.3, -0.25) is 4.90 Å². The van der Waals surface area contributed by atoms with Crippen LogP contribution in [0.15, 0.2) is 48.5 Å². The standard InChI is InChI=1S/C21H27NO/c1-16-8-10-19(11-9-16)20-6-3-5-18(13-20)14-22-12-4-7-21(15-22)17(2)23/h3,5-6,8-11,13,17,21,23H,4,7,12,14-15H2,1-2H3/t17-,21-/m1/s1. The fraction of sp³-hybridized carbons (Fsp3) is 0.429. The highest BCUT2D eigenvalue weighted by Gasteiger charge is 2.23. The first-order valence-electron chi connectivity index (χ1n) is 8.68. The van der Waals surface area contributed by atoms with E-state index in [2.05, 4.69) is 60.4 Å². The number of likely N-dealkylation sites (tertiary alicyclic amines) is 1. The molecule has 3 rings (SSSR count). The van der Waals surface area contributed by atoms with Gasteiger partial charge >= 0.3 is 0 Å². The van der Waals surface area contributed by atoms with Crippen molar-refractivity contribution in [1.82, 2.24) is 4.90 Å². The van der Waals surface area contributed by atoms with Gasteiger partial charge in [-0.15, -0.1) is 0 Å². The van der Waals surface area contributed by atoms with Gasteiger partial charge in [0.1, 0.15) is 0 Å². The largest absolute Gasteiger partial charge is 0.393 e. The minimum atomic E-state index is -0.198. The summed E-state index contributed by atoms with van der Waals surface area (Å²) >= 11 is 0. The molecule has 2 aromatic carbocycles. The molecule has 0 aromatic heterocycles. The number of hydrogen-bond acceptors (Lipinski definition) is 2. The summed E-state index contributed by atoms with van der Waals surface area (Å²) in [4.78, 5) is 2.48. The number of rotatable bonds is 4. The van der Waals surface area contributed by atoms with E-state index < -0.39 is 0 Å². The van der Waals surface area contributed by atoms with Gasteiger partial charge in [0, 0.05) is 13.1 Å². The van der Waals surface area contributed by atoms with Gasteiger partial charge in [0.2, 0.25) is 0 Å². The lowest BCUT2D eigenvalue weighted by Crippen LogP contribution is -2.39. The fourth-order valence-corrected chi connectivity index (χ4v) is 3.48. The molecule has 2 heteroatoms. The van der Waals surface area contributed by atoms with Crippen LogP contribution in [0, 0.1) is 12.8 Å². The maximum absolute atomic E-state index is 9.85. The van der Waals surface area contributed by atoms with E-state index >= 15 is 0 Å². The number of aliphatic hydroxyl groups is 1. The Hall–Kier alpha value is -1.64. The molecule has 0 bridgehead atoms. The Bertz CT molecular complexity index is 633. The van der Waals surface area contributed by atoms with Crippen LogP contribution in [0.25, 0.3) is 11.1 Å². The summed E-state index contributed by atoms with van der Waals surface area (Å²) in [7, 11) is 0. The molecule has 1 heterocycles. The molecule has 0 saturated carbocycles. The Morgan fingerprint density at radius 1 is 1.13 bits per heavy atom. The van der Waals surface area contributed by atoms with Crippen molar-refractivity contribution in [2.75, 3.05) is 13.1 Å². The Kier molecular flexibility index (Phi) is 5.14. The van der Waals surface area contributed by atoms with Gasteiger partial charge in [-0.05, 0) is 61.9 Å². The van der Waals surface area contributed by atoms with E-state index in [0.29, 0.717) is 5.92 Å². The van der Waals surface area contributed by atoms with Crippen LogP contribution in [-0.4, -0.2) is 29.2 Å². The molecule has 0 aliphatic carbocycles. The zero-order valence-corrected chi connectivity index (χ0v) is 14.2. The number of aryl methyl sites for hydroxylation is 1. The summed E-state index contributed by atoms with van der Waals surface area (Å²) in [5, 5.41) is 9.85. The van der Waals surface area contributed by atoms with Gasteiger partial charge in [-0.25, -0.2) is 0 Å². The SMILES string of the molecule is Cc1ccc(-c2cccc(CN3CCC[C@@H]([C@@H](C)O)C3)c2)cc1. The highest BCUT2D eigenvalue weighted by atomic mass is 16.3. The summed E-state index contributed by atoms with van der Waals surface area (Å²) in [6.07, 6.45) is 2.14. The summed E-state index contributed by atoms with van der Waals surface area (Å²) < 4.78 is 0. The topological polar surface area (TPSA) is 23.5 Å². The van der Waals surface area contributed by atoms with Crippen molar-refractivity contribution >= 4 is 0 Å². The van der Waals surface area contributed by atoms with Crippen LogP contribution in [0.2, 0.25) is 0 Å². The van der Waals surface area contributed by atoms with Crippen LogP contribution in [0.4, 0.5) is 0 Å². The van der Waals surface area contributed by atoms with Crippen molar-refractivity contribution in [1.29, 1.82) is 0 Å². The third kappa shape index (κ3) is 4.21. The molecular weight excluding hydrogens is 282 g/mol. The smallest absolute Gasteiger partial charge is 0.0552 e. The van der Waals surface area contributed by atoms with Gasteiger partial charge in [-0.1, -0.05) is 48.0 Å². The van der Waals surface area contributed by atoms with Crippen LogP contribution in [0.1, 0.15) is 30.9 Å². The average Bonchev–Trinajstić information content (AvgIpc) is 2.56. The summed E-state index contributed by atoms with van der Waals surface area (Å²) in [5.74, 6) is 0.420. The molecule has 23 heavy (non-hydrogen) atoms. The maximum Gasteiger partial charge on any atom is 0.0552 e. The van der Waals surface area contributed by atoms with E-state index in [1.54, 1.807) is 0 Å². The van der Waals surface area contributed by atoms with Crippen molar-refractivity contribution in [3.63, 3.8) is 0 Å². The van der Waals surface area contributed by atoms with Crippen molar-refractivity contribution in [2.24, 2.45) is 5.92 Å². The molecule has 2 aromatic rings. The van der Waals surface area contributed by atoms with Gasteiger partial charge in [0.25, 0.3) is 0 Å². The van der Waals surface area contributed by atoms with Crippen molar-refractivity contribution in [2.45, 2.75) is 39.3 Å². The molecule has 0 radical (unpaired) electrons. The molecule has 122 valence electrons. The second kappa shape index (κ2) is 7.29. The lowest BCUT2D eigenvalue weighted by atomic mass is 9.93. The van der Waals surface area contributed by atoms with E-state index in [1.165, 1.54) is 28.7 Å². The van der Waals surface area contributed by atoms with Crippen LogP contribution in [-0.2, 0) is 6.54 Å². The first kappa shape index (κ1) is 16.2. The van der Waals surface area contributed by atoms with E-state index in [0.717, 1.165) is 26.1 Å². The predicted molar refractivity (Wildman–Crippen MR) is 96.3 cm³/mol. The number of benzene rings is 2. The monoisotopic (exact) mass is 309 g/mol.